The minimum atomic E-state index is -0.213. The highest BCUT2D eigenvalue weighted by Gasteiger charge is 2.39. The van der Waals surface area contributed by atoms with Crippen LogP contribution in [-0.2, 0) is 17.9 Å². The fraction of sp³-hybridized carbons (Fsp3) is 0.486. The van der Waals surface area contributed by atoms with Crippen molar-refractivity contribution in [3.05, 3.63) is 96.7 Å². The van der Waals surface area contributed by atoms with Crippen LogP contribution in [0.15, 0.2) is 61.1 Å². The van der Waals surface area contributed by atoms with E-state index in [4.69, 9.17) is 5.26 Å². The zero-order valence-corrected chi connectivity index (χ0v) is 24.5. The number of imidazole rings is 1. The maximum atomic E-state index is 13.8. The zero-order valence-electron chi connectivity index (χ0n) is 24.5. The number of hydrogen-bond acceptors (Lipinski definition) is 4. The number of amides is 1. The van der Waals surface area contributed by atoms with E-state index in [0.717, 1.165) is 55.5 Å². The normalized spacial score (nSPS) is 23.0. The van der Waals surface area contributed by atoms with Gasteiger partial charge in [0.25, 0.3) is 0 Å². The molecule has 2 saturated carbocycles. The topological polar surface area (TPSA) is 65.2 Å². The molecular weight excluding hydrogens is 525 g/mol. The quantitative estimate of drug-likeness (QED) is 0.320. The molecule has 1 aliphatic heterocycles. The molecule has 3 fully saturated rings. The molecule has 4 atom stereocenters. The van der Waals surface area contributed by atoms with Crippen molar-refractivity contribution in [2.75, 3.05) is 26.2 Å². The Hall–Kier alpha value is -3.50. The highest BCUT2D eigenvalue weighted by molar-refractivity contribution is 5.77. The molecule has 2 radical (unpaired) electrons. The van der Waals surface area contributed by atoms with Gasteiger partial charge >= 0.3 is 0 Å². The van der Waals surface area contributed by atoms with Crippen LogP contribution < -0.4 is 0 Å². The van der Waals surface area contributed by atoms with E-state index in [1.165, 1.54) is 38.5 Å². The zero-order chi connectivity index (χ0) is 28.2. The summed E-state index contributed by atoms with van der Waals surface area (Å²) in [6.07, 6.45) is 12.0. The second-order valence-electron chi connectivity index (χ2n) is 12.4. The average molecular weight is 568 g/mol. The van der Waals surface area contributed by atoms with Gasteiger partial charge in [-0.25, -0.2) is 9.37 Å². The van der Waals surface area contributed by atoms with E-state index >= 15 is 0 Å². The van der Waals surface area contributed by atoms with Crippen LogP contribution in [0.5, 0.6) is 0 Å². The lowest BCUT2D eigenvalue weighted by molar-refractivity contribution is -0.134. The SMILES string of the molecule is N#Cc1ccc(Cn2cncc2CN2CCN(C(=O)CC(c3ccc(F)cc3)C3CCC4CCCC3C4)CC2)cc1.[CH2]. The van der Waals surface area contributed by atoms with E-state index < -0.39 is 0 Å². The van der Waals surface area contributed by atoms with Gasteiger partial charge in [-0.05, 0) is 71.9 Å². The molecule has 1 saturated heterocycles. The Balaban J connectivity index is 0.00000353. The number of piperazine rings is 1. The van der Waals surface area contributed by atoms with E-state index in [1.54, 1.807) is 12.1 Å². The first kappa shape index (κ1) is 30.0. The van der Waals surface area contributed by atoms with Gasteiger partial charge in [0.1, 0.15) is 5.82 Å². The summed E-state index contributed by atoms with van der Waals surface area (Å²) in [6, 6.07) is 16.8. The first-order valence-corrected chi connectivity index (χ1v) is 15.3. The minimum absolute atomic E-state index is 0. The Morgan fingerprint density at radius 3 is 2.48 bits per heavy atom. The molecule has 2 aliphatic carbocycles. The molecule has 6 rings (SSSR count). The molecule has 3 aromatic rings. The summed E-state index contributed by atoms with van der Waals surface area (Å²) in [6.45, 7) is 4.64. The Morgan fingerprint density at radius 1 is 0.976 bits per heavy atom. The Morgan fingerprint density at radius 2 is 1.74 bits per heavy atom. The van der Waals surface area contributed by atoms with E-state index in [0.29, 0.717) is 30.4 Å². The van der Waals surface area contributed by atoms with Crippen LogP contribution in [0.25, 0.3) is 0 Å². The Labute approximate surface area is 250 Å². The van der Waals surface area contributed by atoms with Gasteiger partial charge in [-0.1, -0.05) is 57.4 Å². The molecule has 1 amide bonds. The number of benzene rings is 2. The Bertz CT molecular complexity index is 1350. The van der Waals surface area contributed by atoms with Crippen molar-refractivity contribution in [2.45, 2.75) is 64.0 Å². The van der Waals surface area contributed by atoms with Crippen molar-refractivity contribution in [2.24, 2.45) is 17.8 Å². The lowest BCUT2D eigenvalue weighted by Gasteiger charge is -2.44. The van der Waals surface area contributed by atoms with E-state index in [9.17, 15) is 9.18 Å². The molecule has 2 bridgehead atoms. The minimum Gasteiger partial charge on any atom is -0.340 e. The summed E-state index contributed by atoms with van der Waals surface area (Å²) in [5.74, 6) is 2.26. The number of aromatic nitrogens is 2. The predicted molar refractivity (Wildman–Crippen MR) is 162 cm³/mol. The molecule has 2 heterocycles. The van der Waals surface area contributed by atoms with Crippen molar-refractivity contribution < 1.29 is 9.18 Å². The number of nitrogens with zero attached hydrogens (tertiary/aromatic N) is 5. The number of rotatable bonds is 8. The summed E-state index contributed by atoms with van der Waals surface area (Å²) >= 11 is 0. The standard InChI is InChI=1S/C34H40FN5O.CH2/c35-30-11-9-28(10-12-30)33(32-13-8-25-2-1-3-29(32)18-25)19-34(41)39-16-14-38(15-17-39)23-31-21-37-24-40(31)22-27-6-4-26(20-36)5-7-27;/h4-7,9-12,21,24-25,29,32-33H,1-3,8,13-19,22-23H2;1H2. The first-order valence-electron chi connectivity index (χ1n) is 15.3. The molecule has 6 nitrogen and oxygen atoms in total. The lowest BCUT2D eigenvalue weighted by Crippen LogP contribution is -2.49. The number of carbonyl (C=O) groups is 1. The predicted octanol–water partition coefficient (Wildman–Crippen LogP) is 6.30. The van der Waals surface area contributed by atoms with Gasteiger partial charge in [0.05, 0.1) is 23.7 Å². The van der Waals surface area contributed by atoms with E-state index in [1.807, 2.05) is 53.8 Å². The molecule has 3 aliphatic rings. The van der Waals surface area contributed by atoms with E-state index in [2.05, 4.69) is 20.5 Å². The van der Waals surface area contributed by atoms with Gasteiger partial charge in [-0.2, -0.15) is 5.26 Å². The third-order valence-electron chi connectivity index (χ3n) is 9.89. The van der Waals surface area contributed by atoms with Crippen LogP contribution in [-0.4, -0.2) is 51.4 Å². The molecule has 42 heavy (non-hydrogen) atoms. The monoisotopic (exact) mass is 567 g/mol. The highest BCUT2D eigenvalue weighted by Crippen LogP contribution is 2.49. The van der Waals surface area contributed by atoms with Crippen LogP contribution in [0, 0.1) is 42.3 Å². The van der Waals surface area contributed by atoms with Crippen LogP contribution in [0.4, 0.5) is 4.39 Å². The largest absolute Gasteiger partial charge is 0.340 e. The maximum Gasteiger partial charge on any atom is 0.223 e. The van der Waals surface area contributed by atoms with Gasteiger partial charge < -0.3 is 9.47 Å². The van der Waals surface area contributed by atoms with Gasteiger partial charge in [0.2, 0.25) is 5.91 Å². The highest BCUT2D eigenvalue weighted by atomic mass is 19.1. The Kier molecular flexibility index (Phi) is 9.74. The molecule has 0 spiro atoms. The lowest BCUT2D eigenvalue weighted by atomic mass is 9.61. The summed E-state index contributed by atoms with van der Waals surface area (Å²) < 4.78 is 15.9. The molecule has 220 valence electrons. The molecule has 1 aromatic heterocycles. The molecular formula is C35H42FN5O. The van der Waals surface area contributed by atoms with Crippen molar-refractivity contribution in [1.29, 1.82) is 5.26 Å². The summed E-state index contributed by atoms with van der Waals surface area (Å²) in [7, 11) is 0. The van der Waals surface area contributed by atoms with E-state index in [-0.39, 0.29) is 25.1 Å². The van der Waals surface area contributed by atoms with Gasteiger partial charge in [0, 0.05) is 51.9 Å². The second-order valence-corrected chi connectivity index (χ2v) is 12.4. The molecule has 4 unspecified atom stereocenters. The number of carbonyl (C=O) groups excluding carboxylic acids is 1. The summed E-state index contributed by atoms with van der Waals surface area (Å²) in [5, 5.41) is 9.05. The number of nitriles is 1. The molecule has 7 heteroatoms. The van der Waals surface area contributed by atoms with Gasteiger partial charge in [-0.15, -0.1) is 0 Å². The van der Waals surface area contributed by atoms with Gasteiger partial charge in [-0.3, -0.25) is 9.69 Å². The van der Waals surface area contributed by atoms with Crippen molar-refractivity contribution >= 4 is 5.91 Å². The smallest absolute Gasteiger partial charge is 0.223 e. The number of fused-ring (bicyclic) bond motifs is 2. The summed E-state index contributed by atoms with van der Waals surface area (Å²) in [4.78, 5) is 22.5. The van der Waals surface area contributed by atoms with Crippen LogP contribution >= 0.6 is 0 Å². The number of hydrogen-bond donors (Lipinski definition) is 0. The van der Waals surface area contributed by atoms with Crippen LogP contribution in [0.3, 0.4) is 0 Å². The third kappa shape index (κ3) is 6.93. The molecule has 2 aromatic carbocycles. The molecule has 0 N–H and O–H groups in total. The average Bonchev–Trinajstić information content (AvgIpc) is 3.43. The van der Waals surface area contributed by atoms with Crippen molar-refractivity contribution in [3.63, 3.8) is 0 Å². The van der Waals surface area contributed by atoms with Crippen molar-refractivity contribution in [1.82, 2.24) is 19.4 Å². The third-order valence-corrected chi connectivity index (χ3v) is 9.89. The fourth-order valence-electron chi connectivity index (χ4n) is 7.61. The van der Waals surface area contributed by atoms with Crippen molar-refractivity contribution in [3.8, 4) is 6.07 Å². The fourth-order valence-corrected chi connectivity index (χ4v) is 7.61. The van der Waals surface area contributed by atoms with Gasteiger partial charge in [0.15, 0.2) is 0 Å². The van der Waals surface area contributed by atoms with Crippen LogP contribution in [0.2, 0.25) is 0 Å². The second kappa shape index (κ2) is 13.6. The number of halogens is 1. The van der Waals surface area contributed by atoms with Crippen LogP contribution in [0.1, 0.15) is 73.2 Å². The maximum absolute atomic E-state index is 13.8. The first-order chi connectivity index (χ1) is 20.1. The summed E-state index contributed by atoms with van der Waals surface area (Å²) in [5.41, 5.74) is 4.07.